The SMILES string of the molecule is C[C@@H]1CN(CCCCNC(=O)c2nccn2C)C[C@H](C)O1. The number of aryl methyl sites for hydroxylation is 1. The van der Waals surface area contributed by atoms with Crippen LogP contribution in [0.15, 0.2) is 12.4 Å². The first-order chi connectivity index (χ1) is 10.1. The van der Waals surface area contributed by atoms with E-state index in [0.29, 0.717) is 24.6 Å². The summed E-state index contributed by atoms with van der Waals surface area (Å²) >= 11 is 0. The van der Waals surface area contributed by atoms with Gasteiger partial charge in [0, 0.05) is 39.1 Å². The molecule has 2 rings (SSSR count). The van der Waals surface area contributed by atoms with Crippen molar-refractivity contribution in [3.05, 3.63) is 18.2 Å². The molecule has 1 aromatic heterocycles. The Hall–Kier alpha value is -1.40. The second-order valence-corrected chi connectivity index (χ2v) is 5.84. The molecule has 0 aliphatic carbocycles. The lowest BCUT2D eigenvalue weighted by molar-refractivity contribution is -0.0681. The molecule has 1 N–H and O–H groups in total. The predicted molar refractivity (Wildman–Crippen MR) is 81.2 cm³/mol. The smallest absolute Gasteiger partial charge is 0.287 e. The van der Waals surface area contributed by atoms with Crippen LogP contribution in [-0.4, -0.2) is 58.7 Å². The maximum absolute atomic E-state index is 11.9. The fourth-order valence-electron chi connectivity index (χ4n) is 2.79. The Morgan fingerprint density at radius 3 is 2.71 bits per heavy atom. The fourth-order valence-corrected chi connectivity index (χ4v) is 2.79. The van der Waals surface area contributed by atoms with Gasteiger partial charge in [0.05, 0.1) is 12.2 Å². The van der Waals surface area contributed by atoms with Gasteiger partial charge in [-0.3, -0.25) is 9.69 Å². The van der Waals surface area contributed by atoms with Crippen molar-refractivity contribution in [1.29, 1.82) is 0 Å². The van der Waals surface area contributed by atoms with E-state index in [4.69, 9.17) is 4.74 Å². The Morgan fingerprint density at radius 1 is 1.38 bits per heavy atom. The van der Waals surface area contributed by atoms with E-state index < -0.39 is 0 Å². The molecule has 0 spiro atoms. The van der Waals surface area contributed by atoms with Crippen LogP contribution in [0.5, 0.6) is 0 Å². The molecule has 0 radical (unpaired) electrons. The molecule has 2 atom stereocenters. The molecule has 21 heavy (non-hydrogen) atoms. The second kappa shape index (κ2) is 7.56. The van der Waals surface area contributed by atoms with Crippen molar-refractivity contribution < 1.29 is 9.53 Å². The second-order valence-electron chi connectivity index (χ2n) is 5.84. The standard InChI is InChI=1S/C15H26N4O2/c1-12-10-19(11-13(2)21-12)8-5-4-6-17-15(20)14-16-7-9-18(14)3/h7,9,12-13H,4-6,8,10-11H2,1-3H3,(H,17,20)/t12-,13+. The largest absolute Gasteiger partial charge is 0.373 e. The molecular formula is C15H26N4O2. The molecule has 118 valence electrons. The zero-order chi connectivity index (χ0) is 15.2. The van der Waals surface area contributed by atoms with Crippen molar-refractivity contribution in [3.8, 4) is 0 Å². The molecule has 1 saturated heterocycles. The van der Waals surface area contributed by atoms with Gasteiger partial charge >= 0.3 is 0 Å². The Morgan fingerprint density at radius 2 is 2.10 bits per heavy atom. The van der Waals surface area contributed by atoms with Gasteiger partial charge in [-0.05, 0) is 33.2 Å². The zero-order valence-electron chi connectivity index (χ0n) is 13.2. The minimum absolute atomic E-state index is 0.101. The normalized spacial score (nSPS) is 23.2. The molecule has 1 amide bonds. The van der Waals surface area contributed by atoms with Crippen LogP contribution in [-0.2, 0) is 11.8 Å². The van der Waals surface area contributed by atoms with E-state index in [1.807, 2.05) is 7.05 Å². The van der Waals surface area contributed by atoms with E-state index >= 15 is 0 Å². The van der Waals surface area contributed by atoms with Crippen LogP contribution >= 0.6 is 0 Å². The molecule has 6 heteroatoms. The van der Waals surface area contributed by atoms with E-state index in [0.717, 1.165) is 32.5 Å². The number of carbonyl (C=O) groups is 1. The number of imidazole rings is 1. The Labute approximate surface area is 126 Å². The highest BCUT2D eigenvalue weighted by atomic mass is 16.5. The van der Waals surface area contributed by atoms with Gasteiger partial charge in [0.25, 0.3) is 5.91 Å². The van der Waals surface area contributed by atoms with Gasteiger partial charge in [0.2, 0.25) is 0 Å². The molecule has 0 bridgehead atoms. The van der Waals surface area contributed by atoms with Crippen molar-refractivity contribution >= 4 is 5.91 Å². The van der Waals surface area contributed by atoms with Crippen molar-refractivity contribution in [2.24, 2.45) is 7.05 Å². The topological polar surface area (TPSA) is 59.4 Å². The number of nitrogens with one attached hydrogen (secondary N) is 1. The van der Waals surface area contributed by atoms with Crippen LogP contribution in [0.3, 0.4) is 0 Å². The molecule has 0 aromatic carbocycles. The summed E-state index contributed by atoms with van der Waals surface area (Å²) in [5.74, 6) is 0.363. The molecule has 0 unspecified atom stereocenters. The average Bonchev–Trinajstić information content (AvgIpc) is 2.83. The number of amides is 1. The van der Waals surface area contributed by atoms with E-state index in [-0.39, 0.29) is 5.91 Å². The van der Waals surface area contributed by atoms with Crippen LogP contribution in [0.4, 0.5) is 0 Å². The maximum Gasteiger partial charge on any atom is 0.287 e. The predicted octanol–water partition coefficient (Wildman–Crippen LogP) is 1.04. The number of unbranched alkanes of at least 4 members (excludes halogenated alkanes) is 1. The molecule has 1 aliphatic heterocycles. The van der Waals surface area contributed by atoms with E-state index in [9.17, 15) is 4.79 Å². The number of carbonyl (C=O) groups excluding carboxylic acids is 1. The summed E-state index contributed by atoms with van der Waals surface area (Å²) in [6.07, 6.45) is 6.11. The first kappa shape index (κ1) is 16.0. The van der Waals surface area contributed by atoms with Gasteiger partial charge in [-0.25, -0.2) is 4.98 Å². The number of ether oxygens (including phenoxy) is 1. The highest BCUT2D eigenvalue weighted by Crippen LogP contribution is 2.11. The number of hydrogen-bond acceptors (Lipinski definition) is 4. The Balaban J connectivity index is 1.60. The van der Waals surface area contributed by atoms with Gasteiger partial charge in [0.1, 0.15) is 0 Å². The molecule has 1 fully saturated rings. The van der Waals surface area contributed by atoms with Crippen LogP contribution in [0.1, 0.15) is 37.3 Å². The molecule has 2 heterocycles. The summed E-state index contributed by atoms with van der Waals surface area (Å²) in [4.78, 5) is 18.3. The van der Waals surface area contributed by atoms with Crippen molar-refractivity contribution in [2.75, 3.05) is 26.2 Å². The Kier molecular flexibility index (Phi) is 5.76. The number of hydrogen-bond donors (Lipinski definition) is 1. The summed E-state index contributed by atoms with van der Waals surface area (Å²) in [7, 11) is 1.82. The quantitative estimate of drug-likeness (QED) is 0.797. The van der Waals surface area contributed by atoms with Crippen LogP contribution in [0.2, 0.25) is 0 Å². The monoisotopic (exact) mass is 294 g/mol. The molecule has 1 aromatic rings. The summed E-state index contributed by atoms with van der Waals surface area (Å²) in [5, 5.41) is 2.92. The molecule has 6 nitrogen and oxygen atoms in total. The third-order valence-electron chi connectivity index (χ3n) is 3.71. The third kappa shape index (κ3) is 4.82. The summed E-state index contributed by atoms with van der Waals surface area (Å²) < 4.78 is 7.45. The highest BCUT2D eigenvalue weighted by molar-refractivity contribution is 5.90. The summed E-state index contributed by atoms with van der Waals surface area (Å²) in [6.45, 7) is 8.01. The maximum atomic E-state index is 11.9. The highest BCUT2D eigenvalue weighted by Gasteiger charge is 2.21. The van der Waals surface area contributed by atoms with Gasteiger partial charge in [-0.1, -0.05) is 0 Å². The van der Waals surface area contributed by atoms with Crippen molar-refractivity contribution in [1.82, 2.24) is 19.8 Å². The number of nitrogens with zero attached hydrogens (tertiary/aromatic N) is 3. The number of rotatable bonds is 6. The van der Waals surface area contributed by atoms with Crippen LogP contribution in [0, 0.1) is 0 Å². The van der Waals surface area contributed by atoms with Gasteiger partial charge in [-0.15, -0.1) is 0 Å². The first-order valence-corrected chi connectivity index (χ1v) is 7.69. The number of morpholine rings is 1. The molecule has 0 saturated carbocycles. The lowest BCUT2D eigenvalue weighted by Crippen LogP contribution is -2.45. The van der Waals surface area contributed by atoms with Gasteiger partial charge < -0.3 is 14.6 Å². The van der Waals surface area contributed by atoms with E-state index in [1.54, 1.807) is 17.0 Å². The lowest BCUT2D eigenvalue weighted by Gasteiger charge is -2.35. The summed E-state index contributed by atoms with van der Waals surface area (Å²) in [6, 6.07) is 0. The minimum atomic E-state index is -0.101. The minimum Gasteiger partial charge on any atom is -0.373 e. The molecular weight excluding hydrogens is 268 g/mol. The first-order valence-electron chi connectivity index (χ1n) is 7.69. The summed E-state index contributed by atoms with van der Waals surface area (Å²) in [5.41, 5.74) is 0. The Bertz CT molecular complexity index is 450. The zero-order valence-corrected chi connectivity index (χ0v) is 13.2. The van der Waals surface area contributed by atoms with E-state index in [1.165, 1.54) is 0 Å². The average molecular weight is 294 g/mol. The number of aromatic nitrogens is 2. The van der Waals surface area contributed by atoms with Crippen molar-refractivity contribution in [3.63, 3.8) is 0 Å². The van der Waals surface area contributed by atoms with Crippen molar-refractivity contribution in [2.45, 2.75) is 38.9 Å². The fraction of sp³-hybridized carbons (Fsp3) is 0.733. The van der Waals surface area contributed by atoms with Crippen LogP contribution in [0.25, 0.3) is 0 Å². The lowest BCUT2D eigenvalue weighted by atomic mass is 10.2. The molecule has 1 aliphatic rings. The van der Waals surface area contributed by atoms with Crippen LogP contribution < -0.4 is 5.32 Å². The van der Waals surface area contributed by atoms with Gasteiger partial charge in [0.15, 0.2) is 5.82 Å². The third-order valence-corrected chi connectivity index (χ3v) is 3.71. The van der Waals surface area contributed by atoms with Gasteiger partial charge in [-0.2, -0.15) is 0 Å². The van der Waals surface area contributed by atoms with E-state index in [2.05, 4.69) is 29.0 Å².